The van der Waals surface area contributed by atoms with Crippen molar-refractivity contribution in [3.63, 3.8) is 0 Å². The van der Waals surface area contributed by atoms with E-state index in [0.717, 1.165) is 16.3 Å². The van der Waals surface area contributed by atoms with E-state index >= 15 is 0 Å². The fourth-order valence-electron chi connectivity index (χ4n) is 3.10. The average Bonchev–Trinajstić information content (AvgIpc) is 3.30. The van der Waals surface area contributed by atoms with Crippen LogP contribution in [0.15, 0.2) is 45.9 Å². The van der Waals surface area contributed by atoms with Crippen LogP contribution in [0.4, 0.5) is 13.2 Å². The Balaban J connectivity index is 1.76. The third-order valence-corrected chi connectivity index (χ3v) is 5.13. The van der Waals surface area contributed by atoms with Gasteiger partial charge in [-0.1, -0.05) is 32.0 Å². The predicted molar refractivity (Wildman–Crippen MR) is 109 cm³/mol. The molecule has 0 amide bonds. The van der Waals surface area contributed by atoms with Crippen molar-refractivity contribution < 1.29 is 18.3 Å². The second kappa shape index (κ2) is 9.15. The summed E-state index contributed by atoms with van der Waals surface area (Å²) in [6.45, 7) is 4.04. The Hall–Kier alpha value is -2.43. The van der Waals surface area contributed by atoms with Crippen LogP contribution < -0.4 is 11.0 Å². The highest BCUT2D eigenvalue weighted by Gasteiger charge is 2.32. The first-order valence-corrected chi connectivity index (χ1v) is 10.4. The van der Waals surface area contributed by atoms with Crippen LogP contribution in [-0.4, -0.2) is 25.7 Å². The topological polar surface area (TPSA) is 72.1 Å². The minimum Gasteiger partial charge on any atom is -0.377 e. The van der Waals surface area contributed by atoms with Crippen molar-refractivity contribution in [3.8, 4) is 11.4 Å². The van der Waals surface area contributed by atoms with Crippen molar-refractivity contribution in [1.82, 2.24) is 19.7 Å². The number of aliphatic hydroxyl groups is 1. The number of nitrogens with one attached hydrogen (secondary N) is 1. The van der Waals surface area contributed by atoms with Crippen LogP contribution in [0, 0.1) is 5.92 Å². The van der Waals surface area contributed by atoms with Crippen LogP contribution in [0.1, 0.15) is 25.0 Å². The summed E-state index contributed by atoms with van der Waals surface area (Å²) < 4.78 is 42.0. The van der Waals surface area contributed by atoms with Gasteiger partial charge in [-0.15, -0.1) is 5.10 Å². The predicted octanol–water partition coefficient (Wildman–Crippen LogP) is 3.56. The van der Waals surface area contributed by atoms with Gasteiger partial charge in [0.2, 0.25) is 0 Å². The maximum Gasteiger partial charge on any atom is 0.416 e. The molecular weight excluding hydrogens is 417 g/mol. The lowest BCUT2D eigenvalue weighted by molar-refractivity contribution is -0.138. The largest absolute Gasteiger partial charge is 0.416 e. The fraction of sp³-hybridized carbons (Fsp3) is 0.400. The molecular formula is C20H23F3N4O2S. The molecule has 0 saturated carbocycles. The Morgan fingerprint density at radius 1 is 1.20 bits per heavy atom. The Kier molecular flexibility index (Phi) is 6.79. The van der Waals surface area contributed by atoms with Gasteiger partial charge in [-0.05, 0) is 29.0 Å². The molecule has 1 aromatic carbocycles. The molecule has 1 unspecified atom stereocenters. The van der Waals surface area contributed by atoms with E-state index in [1.807, 2.05) is 30.7 Å². The number of aromatic nitrogens is 3. The molecule has 3 aromatic rings. The van der Waals surface area contributed by atoms with E-state index in [4.69, 9.17) is 0 Å². The standard InChI is InChI=1S/C20H23F3N4O2S/c1-13(2)10-26-18(15-7-8-30-12-15)25-27(19(26)29)11-17(28)24-9-14-5-3-4-6-16(14)20(21,22)23/h3-8,12-13,17,24,28H,9-11H2,1-2H3. The first kappa shape index (κ1) is 22.3. The third kappa shape index (κ3) is 5.18. The quantitative estimate of drug-likeness (QED) is 0.526. The number of alkyl halides is 3. The van der Waals surface area contributed by atoms with Crippen molar-refractivity contribution in [3.05, 3.63) is 62.7 Å². The van der Waals surface area contributed by atoms with Gasteiger partial charge in [0.15, 0.2) is 5.82 Å². The summed E-state index contributed by atoms with van der Waals surface area (Å²) in [5.74, 6) is 0.712. The molecule has 30 heavy (non-hydrogen) atoms. The Labute approximate surface area is 175 Å². The van der Waals surface area contributed by atoms with Crippen LogP contribution in [0.2, 0.25) is 0 Å². The molecule has 0 bridgehead atoms. The van der Waals surface area contributed by atoms with Gasteiger partial charge in [0, 0.05) is 24.0 Å². The van der Waals surface area contributed by atoms with Gasteiger partial charge < -0.3 is 5.11 Å². The molecule has 6 nitrogen and oxygen atoms in total. The average molecular weight is 440 g/mol. The minimum atomic E-state index is -4.48. The zero-order valence-electron chi connectivity index (χ0n) is 16.6. The van der Waals surface area contributed by atoms with Crippen molar-refractivity contribution in [1.29, 1.82) is 0 Å². The number of benzene rings is 1. The van der Waals surface area contributed by atoms with E-state index in [1.165, 1.54) is 29.5 Å². The lowest BCUT2D eigenvalue weighted by atomic mass is 10.1. The molecule has 2 heterocycles. The Morgan fingerprint density at radius 2 is 1.93 bits per heavy atom. The number of halogens is 3. The van der Waals surface area contributed by atoms with Crippen LogP contribution in [0.25, 0.3) is 11.4 Å². The normalized spacial score (nSPS) is 13.2. The smallest absolute Gasteiger partial charge is 0.377 e. The van der Waals surface area contributed by atoms with E-state index in [0.29, 0.717) is 12.4 Å². The summed E-state index contributed by atoms with van der Waals surface area (Å²) in [7, 11) is 0. The second-order valence-electron chi connectivity index (χ2n) is 7.36. The molecule has 2 aromatic heterocycles. The first-order chi connectivity index (χ1) is 14.2. The van der Waals surface area contributed by atoms with Gasteiger partial charge >= 0.3 is 11.9 Å². The minimum absolute atomic E-state index is 0.0145. The van der Waals surface area contributed by atoms with Crippen LogP contribution in [0.5, 0.6) is 0 Å². The van der Waals surface area contributed by atoms with Crippen molar-refractivity contribution >= 4 is 11.3 Å². The van der Waals surface area contributed by atoms with Crippen LogP contribution in [-0.2, 0) is 25.8 Å². The van der Waals surface area contributed by atoms with Crippen molar-refractivity contribution in [2.75, 3.05) is 0 Å². The highest BCUT2D eigenvalue weighted by atomic mass is 32.1. The van der Waals surface area contributed by atoms with Gasteiger partial charge in [-0.2, -0.15) is 24.5 Å². The number of rotatable bonds is 8. The zero-order chi connectivity index (χ0) is 21.9. The lowest BCUT2D eigenvalue weighted by Crippen LogP contribution is -2.37. The fourth-order valence-corrected chi connectivity index (χ4v) is 3.74. The molecule has 0 aliphatic rings. The number of nitrogens with zero attached hydrogens (tertiary/aromatic N) is 3. The number of thiophene rings is 1. The highest BCUT2D eigenvalue weighted by molar-refractivity contribution is 7.08. The zero-order valence-corrected chi connectivity index (χ0v) is 17.4. The van der Waals surface area contributed by atoms with E-state index in [2.05, 4.69) is 10.4 Å². The number of aliphatic hydroxyl groups excluding tert-OH is 1. The van der Waals surface area contributed by atoms with Gasteiger partial charge in [0.05, 0.1) is 12.1 Å². The molecule has 162 valence electrons. The summed E-state index contributed by atoms with van der Waals surface area (Å²) in [4.78, 5) is 12.8. The van der Waals surface area contributed by atoms with Crippen LogP contribution >= 0.6 is 11.3 Å². The third-order valence-electron chi connectivity index (χ3n) is 4.45. The van der Waals surface area contributed by atoms with E-state index < -0.39 is 18.0 Å². The summed E-state index contributed by atoms with van der Waals surface area (Å²) in [5, 5.41) is 21.0. The maximum absolute atomic E-state index is 13.1. The Bertz CT molecular complexity index is 1030. The van der Waals surface area contributed by atoms with Crippen molar-refractivity contribution in [2.45, 2.75) is 45.9 Å². The molecule has 0 aliphatic carbocycles. The molecule has 0 radical (unpaired) electrons. The monoisotopic (exact) mass is 440 g/mol. The summed E-state index contributed by atoms with van der Waals surface area (Å²) >= 11 is 1.48. The molecule has 0 fully saturated rings. The van der Waals surface area contributed by atoms with E-state index in [9.17, 15) is 23.1 Å². The molecule has 0 spiro atoms. The SMILES string of the molecule is CC(C)Cn1c(-c2ccsc2)nn(CC(O)NCc2ccccc2C(F)(F)F)c1=O. The highest BCUT2D eigenvalue weighted by Crippen LogP contribution is 2.31. The van der Waals surface area contributed by atoms with Gasteiger partial charge in [0.1, 0.15) is 6.23 Å². The second-order valence-corrected chi connectivity index (χ2v) is 8.14. The number of hydrogen-bond donors (Lipinski definition) is 2. The molecule has 3 rings (SSSR count). The Morgan fingerprint density at radius 3 is 2.57 bits per heavy atom. The van der Waals surface area contributed by atoms with Crippen molar-refractivity contribution in [2.24, 2.45) is 5.92 Å². The van der Waals surface area contributed by atoms with Crippen LogP contribution in [0.3, 0.4) is 0 Å². The van der Waals surface area contributed by atoms with Gasteiger partial charge in [-0.3, -0.25) is 9.88 Å². The molecule has 1 atom stereocenters. The molecule has 2 N–H and O–H groups in total. The summed E-state index contributed by atoms with van der Waals surface area (Å²) in [5.41, 5.74) is -0.317. The van der Waals surface area contributed by atoms with E-state index in [-0.39, 0.29) is 30.3 Å². The summed E-state index contributed by atoms with van der Waals surface area (Å²) in [6.07, 6.45) is -5.73. The van der Waals surface area contributed by atoms with E-state index in [1.54, 1.807) is 4.57 Å². The van der Waals surface area contributed by atoms with Gasteiger partial charge in [0.25, 0.3) is 0 Å². The summed E-state index contributed by atoms with van der Waals surface area (Å²) in [6, 6.07) is 7.02. The maximum atomic E-state index is 13.1. The lowest BCUT2D eigenvalue weighted by Gasteiger charge is -2.16. The van der Waals surface area contributed by atoms with Gasteiger partial charge in [-0.25, -0.2) is 9.48 Å². The number of hydrogen-bond acceptors (Lipinski definition) is 5. The molecule has 0 saturated heterocycles. The first-order valence-electron chi connectivity index (χ1n) is 9.43. The molecule has 0 aliphatic heterocycles. The molecule has 10 heteroatoms.